The minimum Gasteiger partial charge on any atom is -0.461 e. The summed E-state index contributed by atoms with van der Waals surface area (Å²) in [5.74, 6) is -0.923. The van der Waals surface area contributed by atoms with Gasteiger partial charge in [-0.05, 0) is 37.8 Å². The molecule has 0 bridgehead atoms. The highest BCUT2D eigenvalue weighted by Crippen LogP contribution is 2.33. The number of hydrogen-bond donors (Lipinski definition) is 2. The lowest BCUT2D eigenvalue weighted by atomic mass is 9.92. The normalized spacial score (nSPS) is 18.0. The van der Waals surface area contributed by atoms with E-state index in [1.165, 1.54) is 17.4 Å². The zero-order valence-corrected chi connectivity index (χ0v) is 24.4. The van der Waals surface area contributed by atoms with Crippen LogP contribution in [0.3, 0.4) is 0 Å². The van der Waals surface area contributed by atoms with E-state index in [0.717, 1.165) is 31.2 Å². The predicted octanol–water partition coefficient (Wildman–Crippen LogP) is 4.36. The number of hydrogen-bond acceptors (Lipinski definition) is 8. The van der Waals surface area contributed by atoms with Crippen LogP contribution in [-0.2, 0) is 20.9 Å². The van der Waals surface area contributed by atoms with Gasteiger partial charge in [-0.15, -0.1) is 0 Å². The minimum atomic E-state index is -0.533. The Morgan fingerprint density at radius 3 is 2.56 bits per heavy atom. The number of esters is 1. The molecule has 1 saturated carbocycles. The number of amides is 2. The van der Waals surface area contributed by atoms with E-state index in [2.05, 4.69) is 32.5 Å². The van der Waals surface area contributed by atoms with E-state index >= 15 is 0 Å². The van der Waals surface area contributed by atoms with Gasteiger partial charge in [0.1, 0.15) is 18.5 Å². The van der Waals surface area contributed by atoms with Crippen LogP contribution in [0.1, 0.15) is 68.3 Å². The van der Waals surface area contributed by atoms with Gasteiger partial charge in [0.2, 0.25) is 5.91 Å². The van der Waals surface area contributed by atoms with Crippen molar-refractivity contribution < 1.29 is 19.1 Å². The Morgan fingerprint density at radius 2 is 1.83 bits per heavy atom. The molecule has 3 atom stereocenters. The van der Waals surface area contributed by atoms with Gasteiger partial charge in [-0.3, -0.25) is 14.4 Å². The largest absolute Gasteiger partial charge is 0.461 e. The lowest BCUT2D eigenvalue weighted by Crippen LogP contribution is -2.48. The Kier molecular flexibility index (Phi) is 9.86. The van der Waals surface area contributed by atoms with E-state index in [-0.39, 0.29) is 24.4 Å². The molecule has 0 aliphatic heterocycles. The van der Waals surface area contributed by atoms with E-state index in [0.29, 0.717) is 41.8 Å². The van der Waals surface area contributed by atoms with Crippen molar-refractivity contribution in [1.82, 2.24) is 25.2 Å². The van der Waals surface area contributed by atoms with Crippen LogP contribution >= 0.6 is 0 Å². The molecule has 2 heterocycles. The Morgan fingerprint density at radius 1 is 1.07 bits per heavy atom. The number of carbonyl (C=O) groups is 3. The zero-order chi connectivity index (χ0) is 29.4. The highest BCUT2D eigenvalue weighted by atomic mass is 16.5. The summed E-state index contributed by atoms with van der Waals surface area (Å²) in [6.45, 7) is 4.71. The number of ether oxygens (including phenoxy) is 1. The standard InChI is InChI=1S/C31H40N6O4/c1-5-6-15-31(2,36-27-26-25(34-20-35-27)16-22(17-32-26)29(39)37(3)4)19-33-28(38)23-13-10-14-24(23)30(40)41-18-21-11-8-7-9-12-21/h7-9,11-12,16-17,20,23-24H,5-6,10,13-15,18-19H2,1-4H3,(H,33,38)(H,34,35,36)/t23-,24?,31-/m1/s1. The molecule has 2 N–H and O–H groups in total. The molecule has 3 aromatic rings. The second-order valence-electron chi connectivity index (χ2n) is 11.3. The fraction of sp³-hybridized carbons (Fsp3) is 0.484. The Hall–Kier alpha value is -4.08. The first kappa shape index (κ1) is 29.9. The highest BCUT2D eigenvalue weighted by Gasteiger charge is 2.39. The van der Waals surface area contributed by atoms with Crippen LogP contribution in [-0.4, -0.2) is 63.8 Å². The molecule has 2 amide bonds. The summed E-state index contributed by atoms with van der Waals surface area (Å²) in [6, 6.07) is 11.3. The lowest BCUT2D eigenvalue weighted by molar-refractivity contribution is -0.153. The molecule has 4 rings (SSSR count). The van der Waals surface area contributed by atoms with Crippen molar-refractivity contribution in [3.05, 3.63) is 60.0 Å². The SMILES string of the molecule is CCCC[C@](C)(CNC(=O)[C@@H]1CCCC1C(=O)OCc1ccccc1)Nc1ncnc2cc(C(=O)N(C)C)cnc12. The molecule has 1 aliphatic rings. The van der Waals surface area contributed by atoms with Crippen molar-refractivity contribution in [3.63, 3.8) is 0 Å². The molecule has 1 fully saturated rings. The molecule has 218 valence electrons. The van der Waals surface area contributed by atoms with E-state index in [1.807, 2.05) is 37.3 Å². The third-order valence-corrected chi connectivity index (χ3v) is 7.66. The first-order chi connectivity index (χ1) is 19.7. The van der Waals surface area contributed by atoms with Crippen molar-refractivity contribution in [2.75, 3.05) is 26.0 Å². The minimum absolute atomic E-state index is 0.133. The fourth-order valence-electron chi connectivity index (χ4n) is 5.26. The Balaban J connectivity index is 1.44. The average Bonchev–Trinajstić information content (AvgIpc) is 3.48. The molecule has 41 heavy (non-hydrogen) atoms. The molecular weight excluding hydrogens is 520 g/mol. The maximum absolute atomic E-state index is 13.4. The van der Waals surface area contributed by atoms with Gasteiger partial charge in [0.25, 0.3) is 5.91 Å². The second kappa shape index (κ2) is 13.5. The summed E-state index contributed by atoms with van der Waals surface area (Å²) < 4.78 is 5.57. The number of pyridine rings is 1. The number of rotatable bonds is 12. The maximum Gasteiger partial charge on any atom is 0.310 e. The number of nitrogens with zero attached hydrogens (tertiary/aromatic N) is 4. The van der Waals surface area contributed by atoms with E-state index in [1.54, 1.807) is 20.2 Å². The van der Waals surface area contributed by atoms with E-state index < -0.39 is 17.4 Å². The summed E-state index contributed by atoms with van der Waals surface area (Å²) in [6.07, 6.45) is 7.79. The van der Waals surface area contributed by atoms with Gasteiger partial charge in [-0.1, -0.05) is 56.5 Å². The number of benzene rings is 1. The molecule has 0 spiro atoms. The maximum atomic E-state index is 13.4. The van der Waals surface area contributed by atoms with Gasteiger partial charge in [0.05, 0.1) is 28.5 Å². The fourth-order valence-corrected chi connectivity index (χ4v) is 5.26. The highest BCUT2D eigenvalue weighted by molar-refractivity contribution is 5.97. The van der Waals surface area contributed by atoms with Gasteiger partial charge in [-0.25, -0.2) is 15.0 Å². The van der Waals surface area contributed by atoms with Gasteiger partial charge < -0.3 is 20.3 Å². The van der Waals surface area contributed by atoms with Crippen LogP contribution in [0.4, 0.5) is 5.82 Å². The van der Waals surface area contributed by atoms with E-state index in [9.17, 15) is 14.4 Å². The van der Waals surface area contributed by atoms with Gasteiger partial charge in [0, 0.05) is 26.8 Å². The molecule has 0 radical (unpaired) electrons. The smallest absolute Gasteiger partial charge is 0.310 e. The van der Waals surface area contributed by atoms with Crippen molar-refractivity contribution in [1.29, 1.82) is 0 Å². The predicted molar refractivity (Wildman–Crippen MR) is 157 cm³/mol. The summed E-state index contributed by atoms with van der Waals surface area (Å²) in [7, 11) is 3.38. The molecule has 10 heteroatoms. The van der Waals surface area contributed by atoms with Crippen LogP contribution in [0, 0.1) is 11.8 Å². The third-order valence-electron chi connectivity index (χ3n) is 7.66. The van der Waals surface area contributed by atoms with Crippen LogP contribution in [0.2, 0.25) is 0 Å². The van der Waals surface area contributed by atoms with E-state index in [4.69, 9.17) is 4.74 Å². The van der Waals surface area contributed by atoms with Gasteiger partial charge >= 0.3 is 5.97 Å². The number of nitrogens with one attached hydrogen (secondary N) is 2. The summed E-state index contributed by atoms with van der Waals surface area (Å²) in [4.78, 5) is 53.4. The van der Waals surface area contributed by atoms with Crippen molar-refractivity contribution in [2.45, 2.75) is 64.5 Å². The first-order valence-electron chi connectivity index (χ1n) is 14.3. The topological polar surface area (TPSA) is 126 Å². The summed E-state index contributed by atoms with van der Waals surface area (Å²) >= 11 is 0. The molecular formula is C31H40N6O4. The average molecular weight is 561 g/mol. The molecule has 1 aliphatic carbocycles. The number of fused-ring (bicyclic) bond motifs is 1. The van der Waals surface area contributed by atoms with Gasteiger partial charge in [-0.2, -0.15) is 0 Å². The Bertz CT molecular complexity index is 1370. The van der Waals surface area contributed by atoms with Crippen molar-refractivity contribution in [2.24, 2.45) is 11.8 Å². The second-order valence-corrected chi connectivity index (χ2v) is 11.3. The van der Waals surface area contributed by atoms with Crippen molar-refractivity contribution in [3.8, 4) is 0 Å². The number of aromatic nitrogens is 3. The molecule has 2 aromatic heterocycles. The quantitative estimate of drug-likeness (QED) is 0.313. The first-order valence-corrected chi connectivity index (χ1v) is 14.3. The Labute approximate surface area is 241 Å². The van der Waals surface area contributed by atoms with Crippen LogP contribution in [0.15, 0.2) is 48.9 Å². The number of unbranched alkanes of at least 4 members (excludes halogenated alkanes) is 1. The molecule has 1 aromatic carbocycles. The molecule has 10 nitrogen and oxygen atoms in total. The lowest BCUT2D eigenvalue weighted by Gasteiger charge is -2.32. The third kappa shape index (κ3) is 7.56. The molecule has 1 unspecified atom stereocenters. The summed E-state index contributed by atoms with van der Waals surface area (Å²) in [5, 5.41) is 6.62. The zero-order valence-electron chi connectivity index (χ0n) is 24.4. The van der Waals surface area contributed by atoms with Crippen LogP contribution in [0.25, 0.3) is 11.0 Å². The monoisotopic (exact) mass is 560 g/mol. The molecule has 0 saturated heterocycles. The summed E-state index contributed by atoms with van der Waals surface area (Å²) in [5.41, 5.74) is 1.94. The number of carbonyl (C=O) groups excluding carboxylic acids is 3. The van der Waals surface area contributed by atoms with Crippen LogP contribution < -0.4 is 10.6 Å². The van der Waals surface area contributed by atoms with Crippen LogP contribution in [0.5, 0.6) is 0 Å². The van der Waals surface area contributed by atoms with Gasteiger partial charge in [0.15, 0.2) is 5.82 Å². The van der Waals surface area contributed by atoms with Crippen molar-refractivity contribution >= 4 is 34.6 Å². The number of anilines is 1.